The highest BCUT2D eigenvalue weighted by molar-refractivity contribution is 7.26. The van der Waals surface area contributed by atoms with Crippen molar-refractivity contribution in [2.45, 2.75) is 0 Å². The molecule has 0 aliphatic heterocycles. The second-order valence-electron chi connectivity index (χ2n) is 23.2. The third kappa shape index (κ3) is 6.50. The minimum Gasteiger partial charge on any atom is -0.454 e. The van der Waals surface area contributed by atoms with Crippen molar-refractivity contribution >= 4 is 141 Å². The molecule has 12 aromatic carbocycles. The number of hydrogen-bond donors (Lipinski definition) is 0. The summed E-state index contributed by atoms with van der Waals surface area (Å²) < 4.78 is 24.4. The molecular formula is C80H48N6OS. The lowest BCUT2D eigenvalue weighted by molar-refractivity contribution is 0.673. The average molecular weight is 1140 g/mol. The Labute approximate surface area is 506 Å². The zero-order chi connectivity index (χ0) is 57.3. The minimum absolute atomic E-state index is 0.859. The van der Waals surface area contributed by atoms with Gasteiger partial charge in [-0.05, 0) is 132 Å². The highest BCUT2D eigenvalue weighted by Crippen LogP contribution is 2.48. The number of para-hydroxylation sites is 9. The lowest BCUT2D eigenvalue weighted by atomic mass is 10.0. The number of thiophene rings is 1. The summed E-state index contributed by atoms with van der Waals surface area (Å²) in [6.07, 6.45) is 0. The molecule has 0 atom stereocenters. The summed E-state index contributed by atoms with van der Waals surface area (Å²) in [4.78, 5) is 0. The van der Waals surface area contributed by atoms with Crippen molar-refractivity contribution in [3.63, 3.8) is 0 Å². The van der Waals surface area contributed by atoms with E-state index < -0.39 is 0 Å². The van der Waals surface area contributed by atoms with Gasteiger partial charge in [0.05, 0.1) is 65.4 Å². The Morgan fingerprint density at radius 1 is 0.227 bits per heavy atom. The molecule has 20 rings (SSSR count). The van der Waals surface area contributed by atoms with Crippen molar-refractivity contribution < 1.29 is 4.42 Å². The van der Waals surface area contributed by atoms with E-state index in [0.717, 1.165) is 111 Å². The Hall–Kier alpha value is -11.6. The van der Waals surface area contributed by atoms with Crippen molar-refractivity contribution in [3.8, 4) is 45.3 Å². The summed E-state index contributed by atoms with van der Waals surface area (Å²) in [5, 5.41) is 9.32. The first-order valence-corrected chi connectivity index (χ1v) is 30.8. The summed E-state index contributed by atoms with van der Waals surface area (Å²) >= 11 is 1.88. The van der Waals surface area contributed by atoms with Gasteiger partial charge in [0.15, 0.2) is 5.58 Å². The molecular weight excluding hydrogens is 1090 g/mol. The highest BCUT2D eigenvalue weighted by Gasteiger charge is 2.28. The van der Waals surface area contributed by atoms with Crippen LogP contribution in [-0.4, -0.2) is 27.4 Å². The molecule has 0 fully saturated rings. The molecule has 0 spiro atoms. The number of benzene rings is 12. The molecule has 0 bridgehead atoms. The van der Waals surface area contributed by atoms with Crippen LogP contribution in [0, 0.1) is 0 Å². The standard InChI is InChI=1S/C80H48N6OS/c1-3-23-51(24-4-1)81-65-35-15-7-27-57(65)75-73(81)59-29-9-17-37-67(59)83(75)53-43-49(45-55(47-53)85-69-39-19-11-31-61(69)79-77(85)63-33-13-21-41-71(63)87-79)50-44-54(48-56(46-50)86-70-40-20-12-32-62(70)80-78(86)64-34-14-22-42-72(64)88-80)84-68-38-18-10-30-60(68)74-76(84)58-28-8-16-36-66(58)82(74)52-25-5-2-6-26-52/h1-48H. The van der Waals surface area contributed by atoms with E-state index in [4.69, 9.17) is 4.42 Å². The lowest BCUT2D eigenvalue weighted by Gasteiger charge is -2.18. The van der Waals surface area contributed by atoms with Gasteiger partial charge in [-0.1, -0.05) is 170 Å². The summed E-state index contributed by atoms with van der Waals surface area (Å²) in [6.45, 7) is 0. The second kappa shape index (κ2) is 18.0. The maximum atomic E-state index is 6.90. The van der Waals surface area contributed by atoms with Crippen LogP contribution < -0.4 is 0 Å². The van der Waals surface area contributed by atoms with Gasteiger partial charge in [0.25, 0.3) is 0 Å². The highest BCUT2D eigenvalue weighted by atomic mass is 32.1. The van der Waals surface area contributed by atoms with Crippen molar-refractivity contribution in [2.24, 2.45) is 0 Å². The van der Waals surface area contributed by atoms with Gasteiger partial charge in [-0.2, -0.15) is 0 Å². The van der Waals surface area contributed by atoms with Crippen LogP contribution in [0.1, 0.15) is 0 Å². The lowest BCUT2D eigenvalue weighted by Crippen LogP contribution is -2.02. The van der Waals surface area contributed by atoms with Crippen molar-refractivity contribution in [2.75, 3.05) is 0 Å². The van der Waals surface area contributed by atoms with E-state index >= 15 is 0 Å². The molecule has 88 heavy (non-hydrogen) atoms. The van der Waals surface area contributed by atoms with E-state index in [1.807, 2.05) is 11.3 Å². The molecule has 0 saturated carbocycles. The Balaban J connectivity index is 0.960. The fourth-order valence-corrected chi connectivity index (χ4v) is 16.2. The molecule has 0 aliphatic carbocycles. The zero-order valence-electron chi connectivity index (χ0n) is 47.2. The monoisotopic (exact) mass is 1140 g/mol. The van der Waals surface area contributed by atoms with Crippen LogP contribution in [-0.2, 0) is 0 Å². The first kappa shape index (κ1) is 47.7. The number of furan rings is 1. The first-order chi connectivity index (χ1) is 43.7. The molecule has 8 aromatic heterocycles. The van der Waals surface area contributed by atoms with Gasteiger partial charge >= 0.3 is 0 Å². The Morgan fingerprint density at radius 2 is 0.545 bits per heavy atom. The van der Waals surface area contributed by atoms with Crippen LogP contribution >= 0.6 is 11.3 Å². The average Bonchev–Trinajstić information content (AvgIpc) is 1.97. The van der Waals surface area contributed by atoms with Gasteiger partial charge in [0.1, 0.15) is 11.1 Å². The molecule has 410 valence electrons. The van der Waals surface area contributed by atoms with Gasteiger partial charge in [-0.25, -0.2) is 0 Å². The molecule has 0 N–H and O–H groups in total. The SMILES string of the molecule is c1ccc(-n2c3ccccc3c3c2c2ccccc2n3-c2cc(-c3cc(-n4c5ccccc5c5sc6ccccc6c54)cc(-n4c5ccccc5c5c4c4ccccc4n5-c4ccccc4)c3)cc(-n3c4ccccc4c4oc5ccccc5c43)c2)cc1. The smallest absolute Gasteiger partial charge is 0.161 e. The number of rotatable bonds is 7. The van der Waals surface area contributed by atoms with E-state index in [-0.39, 0.29) is 0 Å². The first-order valence-electron chi connectivity index (χ1n) is 30.0. The summed E-state index contributed by atoms with van der Waals surface area (Å²) in [6, 6.07) is 107. The molecule has 8 heteroatoms. The number of nitrogens with zero attached hydrogens (tertiary/aromatic N) is 6. The third-order valence-corrected chi connectivity index (χ3v) is 19.7. The molecule has 0 amide bonds. The predicted octanol–water partition coefficient (Wildman–Crippen LogP) is 21.6. The molecule has 0 aliphatic rings. The van der Waals surface area contributed by atoms with Crippen LogP contribution in [0.4, 0.5) is 0 Å². The quantitative estimate of drug-likeness (QED) is 0.157. The van der Waals surface area contributed by atoms with Gasteiger partial charge in [0, 0.05) is 81.9 Å². The zero-order valence-corrected chi connectivity index (χ0v) is 48.0. The van der Waals surface area contributed by atoms with Crippen LogP contribution in [0.15, 0.2) is 296 Å². The number of hydrogen-bond acceptors (Lipinski definition) is 2. The largest absolute Gasteiger partial charge is 0.454 e. The Bertz CT molecular complexity index is 5900. The van der Waals surface area contributed by atoms with Gasteiger partial charge in [-0.15, -0.1) is 11.3 Å². The van der Waals surface area contributed by atoms with E-state index in [0.29, 0.717) is 0 Å². The van der Waals surface area contributed by atoms with E-state index in [1.165, 1.54) is 63.8 Å². The minimum atomic E-state index is 0.859. The van der Waals surface area contributed by atoms with Crippen molar-refractivity contribution in [3.05, 3.63) is 291 Å². The van der Waals surface area contributed by atoms with Gasteiger partial charge in [-0.3, -0.25) is 0 Å². The number of aromatic nitrogens is 6. The molecule has 7 nitrogen and oxygen atoms in total. The molecule has 8 heterocycles. The van der Waals surface area contributed by atoms with E-state index in [2.05, 4.69) is 319 Å². The predicted molar refractivity (Wildman–Crippen MR) is 368 cm³/mol. The van der Waals surface area contributed by atoms with E-state index in [9.17, 15) is 0 Å². The summed E-state index contributed by atoms with van der Waals surface area (Å²) in [5.74, 6) is 0. The van der Waals surface area contributed by atoms with Crippen molar-refractivity contribution in [1.82, 2.24) is 27.4 Å². The summed E-state index contributed by atoms with van der Waals surface area (Å²) in [7, 11) is 0. The van der Waals surface area contributed by atoms with Gasteiger partial charge in [0.2, 0.25) is 0 Å². The fourth-order valence-electron chi connectivity index (χ4n) is 15.0. The maximum Gasteiger partial charge on any atom is 0.161 e. The molecule has 0 saturated heterocycles. The van der Waals surface area contributed by atoms with Gasteiger partial charge < -0.3 is 31.8 Å². The molecule has 20 aromatic rings. The van der Waals surface area contributed by atoms with Crippen molar-refractivity contribution in [1.29, 1.82) is 0 Å². The van der Waals surface area contributed by atoms with Crippen LogP contribution in [0.5, 0.6) is 0 Å². The second-order valence-corrected chi connectivity index (χ2v) is 24.3. The summed E-state index contributed by atoms with van der Waals surface area (Å²) in [5.41, 5.74) is 24.0. The third-order valence-electron chi connectivity index (χ3n) is 18.5. The number of fused-ring (bicyclic) bond motifs is 20. The fraction of sp³-hybridized carbons (Fsp3) is 0. The van der Waals surface area contributed by atoms with E-state index in [1.54, 1.807) is 0 Å². The van der Waals surface area contributed by atoms with Crippen LogP contribution in [0.2, 0.25) is 0 Å². The Kier molecular flexibility index (Phi) is 9.75. The molecule has 0 radical (unpaired) electrons. The molecule has 0 unspecified atom stereocenters. The topological polar surface area (TPSA) is 42.7 Å². The maximum absolute atomic E-state index is 6.90. The van der Waals surface area contributed by atoms with Crippen LogP contribution in [0.3, 0.4) is 0 Å². The Morgan fingerprint density at radius 3 is 1.01 bits per heavy atom. The van der Waals surface area contributed by atoms with Crippen LogP contribution in [0.25, 0.3) is 175 Å². The normalized spacial score (nSPS) is 12.3.